The summed E-state index contributed by atoms with van der Waals surface area (Å²) < 4.78 is 6.86. The Morgan fingerprint density at radius 2 is 2.03 bits per heavy atom. The first kappa shape index (κ1) is 18.3. The van der Waals surface area contributed by atoms with Crippen LogP contribution in [0.3, 0.4) is 0 Å². The molecular weight excluding hydrogens is 370 g/mol. The summed E-state index contributed by atoms with van der Waals surface area (Å²) in [6, 6.07) is 12.3. The Kier molecular flexibility index (Phi) is 5.24. The number of aldehydes is 1. The fourth-order valence-electron chi connectivity index (χ4n) is 2.94. The Hall–Kier alpha value is -4.07. The molecule has 1 unspecified atom stereocenters. The summed E-state index contributed by atoms with van der Waals surface area (Å²) in [6.07, 6.45) is 8.69. The number of carbonyl (C=O) groups is 2. The van der Waals surface area contributed by atoms with Crippen LogP contribution in [0.2, 0.25) is 0 Å². The number of imidazole rings is 1. The number of hydrogen-bond acceptors (Lipinski definition) is 6. The molecule has 0 bridgehead atoms. The van der Waals surface area contributed by atoms with E-state index in [0.29, 0.717) is 18.1 Å². The summed E-state index contributed by atoms with van der Waals surface area (Å²) >= 11 is 0. The molecule has 1 N–H and O–H groups in total. The van der Waals surface area contributed by atoms with E-state index < -0.39 is 11.9 Å². The van der Waals surface area contributed by atoms with Gasteiger partial charge in [0.25, 0.3) is 5.91 Å². The molecule has 144 valence electrons. The topological polar surface area (TPSA) is 103 Å². The third kappa shape index (κ3) is 4.11. The number of nitrogens with zero attached hydrogens (tertiary/aromatic N) is 4. The lowest BCUT2D eigenvalue weighted by Crippen LogP contribution is -2.38. The van der Waals surface area contributed by atoms with Gasteiger partial charge in [-0.1, -0.05) is 30.3 Å². The standard InChI is InChI=1S/C21H17N5O3/c27-13-17(10-15-4-2-1-3-5-15)25-20(28)18-12-22-14-26(18)19-11-16(6-7-23-19)21-24-8-9-29-21/h1-9,11-14,17H,10H2,(H,25,28). The SMILES string of the molecule is O=CC(Cc1ccccc1)NC(=O)c1cncn1-c1cc(-c2ncco2)ccn1. The molecule has 0 spiro atoms. The zero-order valence-corrected chi connectivity index (χ0v) is 15.3. The molecule has 0 aliphatic carbocycles. The van der Waals surface area contributed by atoms with E-state index in [-0.39, 0.29) is 5.69 Å². The molecule has 0 saturated carbocycles. The summed E-state index contributed by atoms with van der Waals surface area (Å²) in [5, 5.41) is 2.74. The van der Waals surface area contributed by atoms with Gasteiger partial charge in [0.2, 0.25) is 5.89 Å². The molecule has 4 aromatic rings. The molecule has 0 radical (unpaired) electrons. The average molecular weight is 387 g/mol. The highest BCUT2D eigenvalue weighted by atomic mass is 16.3. The molecule has 3 heterocycles. The third-order valence-electron chi connectivity index (χ3n) is 4.32. The van der Waals surface area contributed by atoms with Gasteiger partial charge in [-0.25, -0.2) is 15.0 Å². The largest absolute Gasteiger partial charge is 0.445 e. The van der Waals surface area contributed by atoms with Gasteiger partial charge >= 0.3 is 0 Å². The molecule has 0 saturated heterocycles. The normalized spacial score (nSPS) is 11.7. The summed E-state index contributed by atoms with van der Waals surface area (Å²) in [7, 11) is 0. The predicted octanol–water partition coefficient (Wildman–Crippen LogP) is 2.46. The third-order valence-corrected chi connectivity index (χ3v) is 4.32. The van der Waals surface area contributed by atoms with Crippen LogP contribution in [0.15, 0.2) is 78.1 Å². The van der Waals surface area contributed by atoms with Gasteiger partial charge in [-0.2, -0.15) is 0 Å². The van der Waals surface area contributed by atoms with Crippen molar-refractivity contribution in [3.63, 3.8) is 0 Å². The van der Waals surface area contributed by atoms with Crippen LogP contribution < -0.4 is 5.32 Å². The van der Waals surface area contributed by atoms with Crippen LogP contribution in [0.1, 0.15) is 16.1 Å². The number of oxazole rings is 1. The minimum atomic E-state index is -0.653. The highest BCUT2D eigenvalue weighted by molar-refractivity contribution is 5.94. The molecule has 8 heteroatoms. The first-order chi connectivity index (χ1) is 14.2. The lowest BCUT2D eigenvalue weighted by Gasteiger charge is -2.14. The molecule has 8 nitrogen and oxygen atoms in total. The van der Waals surface area contributed by atoms with Crippen LogP contribution in [0.5, 0.6) is 0 Å². The first-order valence-electron chi connectivity index (χ1n) is 8.93. The molecule has 29 heavy (non-hydrogen) atoms. The van der Waals surface area contributed by atoms with Crippen molar-refractivity contribution in [1.29, 1.82) is 0 Å². The van der Waals surface area contributed by atoms with E-state index in [1.54, 1.807) is 29.1 Å². The zero-order chi connectivity index (χ0) is 20.1. The van der Waals surface area contributed by atoms with E-state index in [9.17, 15) is 9.59 Å². The molecule has 1 atom stereocenters. The molecule has 0 aliphatic rings. The summed E-state index contributed by atoms with van der Waals surface area (Å²) in [4.78, 5) is 36.8. The Bertz CT molecular complexity index is 1110. The van der Waals surface area contributed by atoms with Crippen molar-refractivity contribution < 1.29 is 14.0 Å². The number of benzene rings is 1. The van der Waals surface area contributed by atoms with Crippen LogP contribution >= 0.6 is 0 Å². The zero-order valence-electron chi connectivity index (χ0n) is 15.3. The second-order valence-corrected chi connectivity index (χ2v) is 6.29. The van der Waals surface area contributed by atoms with Crippen molar-refractivity contribution >= 4 is 12.2 Å². The molecule has 3 aromatic heterocycles. The van der Waals surface area contributed by atoms with E-state index >= 15 is 0 Å². The van der Waals surface area contributed by atoms with Crippen LogP contribution in [0.4, 0.5) is 0 Å². The number of hydrogen-bond donors (Lipinski definition) is 1. The Morgan fingerprint density at radius 3 is 2.79 bits per heavy atom. The molecular formula is C21H17N5O3. The maximum Gasteiger partial charge on any atom is 0.270 e. The molecule has 1 aromatic carbocycles. The van der Waals surface area contributed by atoms with E-state index in [1.807, 2.05) is 30.3 Å². The van der Waals surface area contributed by atoms with Crippen molar-refractivity contribution in [2.24, 2.45) is 0 Å². The number of pyridine rings is 1. The maximum absolute atomic E-state index is 12.8. The Morgan fingerprint density at radius 1 is 1.17 bits per heavy atom. The second-order valence-electron chi connectivity index (χ2n) is 6.29. The number of carbonyl (C=O) groups excluding carboxylic acids is 2. The minimum absolute atomic E-state index is 0.266. The first-order valence-corrected chi connectivity index (χ1v) is 8.93. The van der Waals surface area contributed by atoms with Crippen molar-refractivity contribution in [1.82, 2.24) is 24.8 Å². The number of aromatic nitrogens is 4. The van der Waals surface area contributed by atoms with Crippen LogP contribution in [-0.4, -0.2) is 37.8 Å². The van der Waals surface area contributed by atoms with Gasteiger partial charge in [-0.05, 0) is 24.1 Å². The van der Waals surface area contributed by atoms with Gasteiger partial charge in [0.1, 0.15) is 30.4 Å². The van der Waals surface area contributed by atoms with Crippen molar-refractivity contribution in [2.45, 2.75) is 12.5 Å². The van der Waals surface area contributed by atoms with Gasteiger partial charge in [0, 0.05) is 11.8 Å². The maximum atomic E-state index is 12.8. The van der Waals surface area contributed by atoms with E-state index in [2.05, 4.69) is 20.3 Å². The molecule has 4 rings (SSSR count). The van der Waals surface area contributed by atoms with Gasteiger partial charge in [0.05, 0.1) is 18.4 Å². The lowest BCUT2D eigenvalue weighted by molar-refractivity contribution is -0.109. The van der Waals surface area contributed by atoms with Crippen LogP contribution in [0, 0.1) is 0 Å². The molecule has 1 amide bonds. The van der Waals surface area contributed by atoms with Gasteiger partial charge < -0.3 is 14.5 Å². The van der Waals surface area contributed by atoms with Gasteiger partial charge in [0.15, 0.2) is 0 Å². The van der Waals surface area contributed by atoms with E-state index in [1.165, 1.54) is 18.8 Å². The highest BCUT2D eigenvalue weighted by Crippen LogP contribution is 2.19. The minimum Gasteiger partial charge on any atom is -0.445 e. The number of rotatable bonds is 7. The quantitative estimate of drug-likeness (QED) is 0.489. The van der Waals surface area contributed by atoms with Crippen molar-refractivity contribution in [2.75, 3.05) is 0 Å². The molecule has 0 aliphatic heterocycles. The summed E-state index contributed by atoms with van der Waals surface area (Å²) in [5.41, 5.74) is 1.94. The van der Waals surface area contributed by atoms with E-state index in [4.69, 9.17) is 4.42 Å². The average Bonchev–Trinajstić information content (AvgIpc) is 3.46. The summed E-state index contributed by atoms with van der Waals surface area (Å²) in [5.74, 6) is 0.511. The number of amides is 1. The van der Waals surface area contributed by atoms with Crippen LogP contribution in [0.25, 0.3) is 17.3 Å². The lowest BCUT2D eigenvalue weighted by atomic mass is 10.1. The predicted molar refractivity (Wildman–Crippen MR) is 104 cm³/mol. The molecule has 0 fully saturated rings. The highest BCUT2D eigenvalue weighted by Gasteiger charge is 2.18. The Balaban J connectivity index is 1.55. The smallest absolute Gasteiger partial charge is 0.270 e. The monoisotopic (exact) mass is 387 g/mol. The fraction of sp³-hybridized carbons (Fsp3) is 0.0952. The fourth-order valence-corrected chi connectivity index (χ4v) is 2.94. The van der Waals surface area contributed by atoms with Gasteiger partial charge in [-0.15, -0.1) is 0 Å². The second kappa shape index (κ2) is 8.30. The Labute approximate surface area is 166 Å². The number of nitrogens with one attached hydrogen (secondary N) is 1. The van der Waals surface area contributed by atoms with Crippen LogP contribution in [-0.2, 0) is 11.2 Å². The van der Waals surface area contributed by atoms with Crippen molar-refractivity contribution in [3.05, 3.63) is 84.9 Å². The van der Waals surface area contributed by atoms with E-state index in [0.717, 1.165) is 17.4 Å². The van der Waals surface area contributed by atoms with Gasteiger partial charge in [-0.3, -0.25) is 9.36 Å². The van der Waals surface area contributed by atoms with Crippen molar-refractivity contribution in [3.8, 4) is 17.3 Å². The summed E-state index contributed by atoms with van der Waals surface area (Å²) in [6.45, 7) is 0.